The molecule has 1 aliphatic rings. The summed E-state index contributed by atoms with van der Waals surface area (Å²) in [5, 5.41) is 22.7. The average Bonchev–Trinajstić information content (AvgIpc) is 2.94. The molecule has 0 saturated carbocycles. The second-order valence-corrected chi connectivity index (χ2v) is 7.36. The first-order valence-corrected chi connectivity index (χ1v) is 9.06. The molecule has 142 valence electrons. The molecule has 6 heteroatoms. The molecule has 1 fully saturated rings. The van der Waals surface area contributed by atoms with Gasteiger partial charge in [0.25, 0.3) is 0 Å². The number of carbonyl (C=O) groups excluding carboxylic acids is 1. The summed E-state index contributed by atoms with van der Waals surface area (Å²) in [6, 6.07) is 11.5. The molecule has 0 aromatic heterocycles. The number of aliphatic hydroxyl groups excluding tert-OH is 1. The summed E-state index contributed by atoms with van der Waals surface area (Å²) in [5.74, 6) is -0.721. The lowest BCUT2D eigenvalue weighted by Gasteiger charge is -2.26. The van der Waals surface area contributed by atoms with E-state index < -0.39 is 11.7 Å². The lowest BCUT2D eigenvalue weighted by molar-refractivity contribution is -0.158. The molecular weight excluding hydrogens is 369 g/mol. The van der Waals surface area contributed by atoms with Crippen molar-refractivity contribution >= 4 is 17.5 Å². The van der Waals surface area contributed by atoms with Crippen LogP contribution in [0.2, 0.25) is 5.02 Å². The number of nitrogens with one attached hydrogen (secondary N) is 1. The van der Waals surface area contributed by atoms with E-state index in [0.717, 1.165) is 5.56 Å². The molecule has 1 aliphatic heterocycles. The van der Waals surface area contributed by atoms with Gasteiger partial charge < -0.3 is 15.5 Å². The van der Waals surface area contributed by atoms with Gasteiger partial charge in [0.1, 0.15) is 11.2 Å². The highest BCUT2D eigenvalue weighted by Gasteiger charge is 2.50. The van der Waals surface area contributed by atoms with Gasteiger partial charge in [-0.2, -0.15) is 0 Å². The van der Waals surface area contributed by atoms with Crippen molar-refractivity contribution in [1.29, 1.82) is 0 Å². The van der Waals surface area contributed by atoms with Gasteiger partial charge in [0.15, 0.2) is 6.29 Å². The van der Waals surface area contributed by atoms with E-state index in [4.69, 9.17) is 11.6 Å². The van der Waals surface area contributed by atoms with Crippen LogP contribution in [0.15, 0.2) is 55.1 Å². The van der Waals surface area contributed by atoms with Gasteiger partial charge in [0.05, 0.1) is 0 Å². The minimum Gasteiger partial charge on any atom is -0.367 e. The van der Waals surface area contributed by atoms with Gasteiger partial charge >= 0.3 is 0 Å². The lowest BCUT2D eigenvalue weighted by atomic mass is 9.80. The smallest absolute Gasteiger partial charge is 0.231 e. The van der Waals surface area contributed by atoms with Crippen LogP contribution in [0.25, 0.3) is 11.1 Å². The van der Waals surface area contributed by atoms with E-state index in [1.165, 1.54) is 18.2 Å². The van der Waals surface area contributed by atoms with Gasteiger partial charge in [0, 0.05) is 16.6 Å². The molecule has 3 rings (SSSR count). The number of allylic oxidation sites excluding steroid dienone is 1. The highest BCUT2D eigenvalue weighted by Crippen LogP contribution is 2.38. The fourth-order valence-electron chi connectivity index (χ4n) is 3.62. The summed E-state index contributed by atoms with van der Waals surface area (Å²) in [6.45, 7) is 3.60. The number of halogens is 2. The molecular formula is C21H21ClFNO3. The van der Waals surface area contributed by atoms with E-state index in [2.05, 4.69) is 11.9 Å². The zero-order valence-electron chi connectivity index (χ0n) is 14.7. The molecule has 2 atom stereocenters. The molecule has 0 spiro atoms. The van der Waals surface area contributed by atoms with Gasteiger partial charge in [0.2, 0.25) is 5.91 Å². The Balaban J connectivity index is 1.75. The maximum atomic E-state index is 14.0. The Morgan fingerprint density at radius 3 is 2.63 bits per heavy atom. The molecule has 2 aromatic carbocycles. The maximum absolute atomic E-state index is 14.0. The Hall–Kier alpha value is -2.21. The zero-order valence-corrected chi connectivity index (χ0v) is 15.4. The van der Waals surface area contributed by atoms with Crippen LogP contribution in [0.1, 0.15) is 18.4 Å². The fourth-order valence-corrected chi connectivity index (χ4v) is 3.79. The number of hydrogen-bond donors (Lipinski definition) is 3. The summed E-state index contributed by atoms with van der Waals surface area (Å²) in [5.41, 5.74) is 0.835. The van der Waals surface area contributed by atoms with Crippen LogP contribution < -0.4 is 5.32 Å². The van der Waals surface area contributed by atoms with Crippen molar-refractivity contribution in [2.75, 3.05) is 0 Å². The maximum Gasteiger partial charge on any atom is 0.231 e. The standard InChI is InChI=1S/C21H21ClFNO3/c1-2-9-21(20(26)27)12-16(24-19(21)25)10-13-3-5-14(6-4-13)17-11-15(22)7-8-18(17)23/h2-8,11,16,20,26-27H,1,9-10,12H2,(H,24,25)/t16-,21?/m1/s1. The van der Waals surface area contributed by atoms with Gasteiger partial charge in [-0.15, -0.1) is 6.58 Å². The fraction of sp³-hybridized carbons (Fsp3) is 0.286. The second-order valence-electron chi connectivity index (χ2n) is 6.92. The topological polar surface area (TPSA) is 69.6 Å². The molecule has 2 aromatic rings. The molecule has 0 aliphatic carbocycles. The monoisotopic (exact) mass is 389 g/mol. The van der Waals surface area contributed by atoms with Crippen LogP contribution in [0.4, 0.5) is 4.39 Å². The van der Waals surface area contributed by atoms with E-state index in [1.54, 1.807) is 18.2 Å². The first kappa shape index (κ1) is 19.5. The number of aliphatic hydroxyl groups is 2. The SMILES string of the molecule is C=CCC1(C(O)O)C[C@@H](Cc2ccc(-c3cc(Cl)ccc3F)cc2)NC1=O. The Kier molecular flexibility index (Phi) is 5.65. The Morgan fingerprint density at radius 1 is 1.30 bits per heavy atom. The van der Waals surface area contributed by atoms with Crippen LogP contribution in [-0.4, -0.2) is 28.5 Å². The normalized spacial score (nSPS) is 22.1. The van der Waals surface area contributed by atoms with E-state index in [-0.39, 0.29) is 24.2 Å². The molecule has 0 bridgehead atoms. The first-order valence-electron chi connectivity index (χ1n) is 8.68. The van der Waals surface area contributed by atoms with Crippen molar-refractivity contribution in [1.82, 2.24) is 5.32 Å². The number of benzene rings is 2. The first-order chi connectivity index (χ1) is 12.9. The minimum absolute atomic E-state index is 0.194. The number of hydrogen-bond acceptors (Lipinski definition) is 3. The second kappa shape index (κ2) is 7.80. The Bertz CT molecular complexity index is 853. The minimum atomic E-state index is -1.74. The molecule has 1 amide bonds. The average molecular weight is 390 g/mol. The van der Waals surface area contributed by atoms with Crippen molar-refractivity contribution in [3.8, 4) is 11.1 Å². The van der Waals surface area contributed by atoms with E-state index in [0.29, 0.717) is 29.0 Å². The van der Waals surface area contributed by atoms with Crippen molar-refractivity contribution in [3.05, 3.63) is 71.5 Å². The summed E-state index contributed by atoms with van der Waals surface area (Å²) in [4.78, 5) is 12.3. The highest BCUT2D eigenvalue weighted by atomic mass is 35.5. The van der Waals surface area contributed by atoms with Crippen molar-refractivity contribution in [3.63, 3.8) is 0 Å². The van der Waals surface area contributed by atoms with Crippen LogP contribution in [-0.2, 0) is 11.2 Å². The van der Waals surface area contributed by atoms with Crippen LogP contribution >= 0.6 is 11.6 Å². The molecule has 3 N–H and O–H groups in total. The molecule has 1 unspecified atom stereocenters. The van der Waals surface area contributed by atoms with Crippen LogP contribution in [0, 0.1) is 11.2 Å². The largest absolute Gasteiger partial charge is 0.367 e. The summed E-state index contributed by atoms with van der Waals surface area (Å²) in [6.07, 6.45) is 0.819. The summed E-state index contributed by atoms with van der Waals surface area (Å²) < 4.78 is 14.0. The predicted molar refractivity (Wildman–Crippen MR) is 103 cm³/mol. The van der Waals surface area contributed by atoms with Gasteiger partial charge in [-0.05, 0) is 48.6 Å². The number of rotatable bonds is 6. The van der Waals surface area contributed by atoms with Crippen molar-refractivity contribution in [2.45, 2.75) is 31.6 Å². The van der Waals surface area contributed by atoms with Crippen LogP contribution in [0.5, 0.6) is 0 Å². The molecule has 4 nitrogen and oxygen atoms in total. The number of carbonyl (C=O) groups is 1. The molecule has 27 heavy (non-hydrogen) atoms. The Morgan fingerprint density at radius 2 is 2.00 bits per heavy atom. The summed E-state index contributed by atoms with van der Waals surface area (Å²) in [7, 11) is 0. The van der Waals surface area contributed by atoms with E-state index >= 15 is 0 Å². The van der Waals surface area contributed by atoms with Crippen LogP contribution in [0.3, 0.4) is 0 Å². The van der Waals surface area contributed by atoms with E-state index in [9.17, 15) is 19.4 Å². The van der Waals surface area contributed by atoms with Crippen molar-refractivity contribution in [2.24, 2.45) is 5.41 Å². The number of amides is 1. The van der Waals surface area contributed by atoms with Gasteiger partial charge in [-0.1, -0.05) is 41.9 Å². The quantitative estimate of drug-likeness (QED) is 0.523. The summed E-state index contributed by atoms with van der Waals surface area (Å²) >= 11 is 5.95. The predicted octanol–water partition coefficient (Wildman–Crippen LogP) is 3.45. The van der Waals surface area contributed by atoms with E-state index in [1.807, 2.05) is 12.1 Å². The zero-order chi connectivity index (χ0) is 19.6. The van der Waals surface area contributed by atoms with Gasteiger partial charge in [-0.25, -0.2) is 4.39 Å². The van der Waals surface area contributed by atoms with Crippen molar-refractivity contribution < 1.29 is 19.4 Å². The molecule has 1 saturated heterocycles. The molecule has 1 heterocycles. The van der Waals surface area contributed by atoms with Gasteiger partial charge in [-0.3, -0.25) is 4.79 Å². The third kappa shape index (κ3) is 3.90. The highest BCUT2D eigenvalue weighted by molar-refractivity contribution is 6.30. The Labute approximate surface area is 162 Å². The third-order valence-corrected chi connectivity index (χ3v) is 5.31. The molecule has 0 radical (unpaired) electrons. The lowest BCUT2D eigenvalue weighted by Crippen LogP contribution is -2.41. The third-order valence-electron chi connectivity index (χ3n) is 5.08.